The van der Waals surface area contributed by atoms with Crippen molar-refractivity contribution in [2.45, 2.75) is 51.3 Å². The van der Waals surface area contributed by atoms with Crippen molar-refractivity contribution in [2.24, 2.45) is 11.8 Å². The van der Waals surface area contributed by atoms with Crippen molar-refractivity contribution < 1.29 is 18.3 Å². The molecule has 0 spiro atoms. The zero-order valence-electron chi connectivity index (χ0n) is 11.7. The van der Waals surface area contributed by atoms with Crippen LogP contribution >= 0.6 is 0 Å². The molecule has 2 rings (SSSR count). The number of alkyl halides is 3. The van der Waals surface area contributed by atoms with Gasteiger partial charge in [-0.25, -0.2) is 0 Å². The number of aliphatic hydroxyl groups excluding tert-OH is 1. The largest absolute Gasteiger partial charge is 0.392 e. The van der Waals surface area contributed by atoms with Crippen LogP contribution in [0.3, 0.4) is 0 Å². The van der Waals surface area contributed by atoms with Gasteiger partial charge in [0.05, 0.1) is 12.0 Å². The molecule has 20 heavy (non-hydrogen) atoms. The molecule has 0 aliphatic heterocycles. The first-order valence-electron chi connectivity index (χ1n) is 7.18. The summed E-state index contributed by atoms with van der Waals surface area (Å²) in [7, 11) is 0. The predicted molar refractivity (Wildman–Crippen MR) is 72.4 cm³/mol. The average Bonchev–Trinajstić information content (AvgIpc) is 2.37. The average molecular weight is 286 g/mol. The Morgan fingerprint density at radius 1 is 1.25 bits per heavy atom. The van der Waals surface area contributed by atoms with E-state index < -0.39 is 24.1 Å². The Balaban J connectivity index is 2.08. The van der Waals surface area contributed by atoms with Gasteiger partial charge in [-0.3, -0.25) is 0 Å². The highest BCUT2D eigenvalue weighted by Gasteiger charge is 2.47. The van der Waals surface area contributed by atoms with E-state index >= 15 is 0 Å². The summed E-state index contributed by atoms with van der Waals surface area (Å²) in [5.74, 6) is -2.01. The third kappa shape index (κ3) is 3.75. The molecule has 1 aromatic carbocycles. The van der Waals surface area contributed by atoms with E-state index in [4.69, 9.17) is 0 Å². The van der Waals surface area contributed by atoms with Crippen LogP contribution in [0.2, 0.25) is 0 Å². The number of hydrogen-bond acceptors (Lipinski definition) is 1. The van der Waals surface area contributed by atoms with Crippen LogP contribution in [0.1, 0.15) is 36.8 Å². The van der Waals surface area contributed by atoms with E-state index in [-0.39, 0.29) is 6.42 Å². The van der Waals surface area contributed by atoms with Crippen LogP contribution in [-0.4, -0.2) is 17.4 Å². The highest BCUT2D eigenvalue weighted by atomic mass is 19.4. The van der Waals surface area contributed by atoms with Gasteiger partial charge in [-0.1, -0.05) is 42.7 Å². The van der Waals surface area contributed by atoms with E-state index in [9.17, 15) is 18.3 Å². The standard InChI is InChI=1S/C16H21F3O/c1-11-5-4-6-12(9-11)10-15(20)13-7-2-3-8-14(13)16(17,18)19/h4-6,9,13-15,20H,2-3,7-8,10H2,1H3. The fraction of sp³-hybridized carbons (Fsp3) is 0.625. The molecule has 112 valence electrons. The van der Waals surface area contributed by atoms with E-state index in [1.807, 2.05) is 31.2 Å². The maximum absolute atomic E-state index is 13.0. The molecular weight excluding hydrogens is 265 g/mol. The van der Waals surface area contributed by atoms with Gasteiger partial charge in [-0.05, 0) is 37.7 Å². The van der Waals surface area contributed by atoms with Gasteiger partial charge in [-0.15, -0.1) is 0 Å². The molecular formula is C16H21F3O. The zero-order valence-corrected chi connectivity index (χ0v) is 11.7. The van der Waals surface area contributed by atoms with Crippen molar-refractivity contribution in [2.75, 3.05) is 0 Å². The van der Waals surface area contributed by atoms with Gasteiger partial charge < -0.3 is 5.11 Å². The van der Waals surface area contributed by atoms with E-state index in [0.29, 0.717) is 19.3 Å². The summed E-state index contributed by atoms with van der Waals surface area (Å²) in [5.41, 5.74) is 1.97. The molecule has 0 aromatic heterocycles. The Hall–Kier alpha value is -1.03. The van der Waals surface area contributed by atoms with Gasteiger partial charge in [0, 0.05) is 0 Å². The van der Waals surface area contributed by atoms with E-state index in [1.54, 1.807) is 0 Å². The fourth-order valence-corrected chi connectivity index (χ4v) is 3.26. The van der Waals surface area contributed by atoms with Crippen LogP contribution in [0.5, 0.6) is 0 Å². The maximum Gasteiger partial charge on any atom is 0.392 e. The lowest BCUT2D eigenvalue weighted by molar-refractivity contribution is -0.206. The van der Waals surface area contributed by atoms with Crippen LogP contribution in [0.4, 0.5) is 13.2 Å². The molecule has 1 fully saturated rings. The predicted octanol–water partition coefficient (Wildman–Crippen LogP) is 4.27. The molecule has 1 nitrogen and oxygen atoms in total. The van der Waals surface area contributed by atoms with Gasteiger partial charge in [-0.2, -0.15) is 13.2 Å². The summed E-state index contributed by atoms with van der Waals surface area (Å²) in [6.07, 6.45) is -2.79. The molecule has 1 aliphatic rings. The minimum atomic E-state index is -4.20. The summed E-state index contributed by atoms with van der Waals surface area (Å²) in [4.78, 5) is 0. The molecule has 3 unspecified atom stereocenters. The van der Waals surface area contributed by atoms with Gasteiger partial charge in [0.2, 0.25) is 0 Å². The van der Waals surface area contributed by atoms with Crippen molar-refractivity contribution in [1.82, 2.24) is 0 Å². The highest BCUT2D eigenvalue weighted by molar-refractivity contribution is 5.22. The van der Waals surface area contributed by atoms with Gasteiger partial charge in [0.25, 0.3) is 0 Å². The number of aryl methyl sites for hydroxylation is 1. The fourth-order valence-electron chi connectivity index (χ4n) is 3.26. The van der Waals surface area contributed by atoms with E-state index in [1.165, 1.54) is 0 Å². The molecule has 4 heteroatoms. The quantitative estimate of drug-likeness (QED) is 0.880. The first-order chi connectivity index (χ1) is 9.38. The molecule has 1 aromatic rings. The smallest absolute Gasteiger partial charge is 0.392 e. The number of aliphatic hydroxyl groups is 1. The Kier molecular flexibility index (Phi) is 4.74. The highest BCUT2D eigenvalue weighted by Crippen LogP contribution is 2.43. The molecule has 1 saturated carbocycles. The summed E-state index contributed by atoms with van der Waals surface area (Å²) < 4.78 is 39.1. The van der Waals surface area contributed by atoms with Gasteiger partial charge in [0.1, 0.15) is 0 Å². The van der Waals surface area contributed by atoms with Crippen LogP contribution in [0, 0.1) is 18.8 Å². The van der Waals surface area contributed by atoms with Crippen molar-refractivity contribution in [3.05, 3.63) is 35.4 Å². The van der Waals surface area contributed by atoms with Crippen LogP contribution in [0.15, 0.2) is 24.3 Å². The number of benzene rings is 1. The SMILES string of the molecule is Cc1cccc(CC(O)C2CCCCC2C(F)(F)F)c1. The van der Waals surface area contributed by atoms with E-state index in [0.717, 1.165) is 17.5 Å². The second kappa shape index (κ2) is 6.17. The molecule has 0 radical (unpaired) electrons. The lowest BCUT2D eigenvalue weighted by atomic mass is 9.74. The third-order valence-electron chi connectivity index (χ3n) is 4.26. The second-order valence-corrected chi connectivity index (χ2v) is 5.86. The second-order valence-electron chi connectivity index (χ2n) is 5.86. The molecule has 0 saturated heterocycles. The Morgan fingerprint density at radius 2 is 1.95 bits per heavy atom. The summed E-state index contributed by atoms with van der Waals surface area (Å²) >= 11 is 0. The number of halogens is 3. The number of rotatable bonds is 3. The van der Waals surface area contributed by atoms with Crippen molar-refractivity contribution in [3.63, 3.8) is 0 Å². The Morgan fingerprint density at radius 3 is 2.60 bits per heavy atom. The minimum absolute atomic E-state index is 0.152. The summed E-state index contributed by atoms with van der Waals surface area (Å²) in [6, 6.07) is 7.60. The van der Waals surface area contributed by atoms with E-state index in [2.05, 4.69) is 0 Å². The Labute approximate surface area is 117 Å². The summed E-state index contributed by atoms with van der Waals surface area (Å²) in [5, 5.41) is 10.3. The zero-order chi connectivity index (χ0) is 14.8. The molecule has 0 amide bonds. The van der Waals surface area contributed by atoms with Crippen molar-refractivity contribution in [3.8, 4) is 0 Å². The van der Waals surface area contributed by atoms with Gasteiger partial charge in [0.15, 0.2) is 0 Å². The normalized spacial score (nSPS) is 25.4. The van der Waals surface area contributed by atoms with Gasteiger partial charge >= 0.3 is 6.18 Å². The monoisotopic (exact) mass is 286 g/mol. The lowest BCUT2D eigenvalue weighted by Gasteiger charge is -2.36. The van der Waals surface area contributed by atoms with Crippen LogP contribution in [-0.2, 0) is 6.42 Å². The topological polar surface area (TPSA) is 20.2 Å². The summed E-state index contributed by atoms with van der Waals surface area (Å²) in [6.45, 7) is 1.94. The molecule has 3 atom stereocenters. The lowest BCUT2D eigenvalue weighted by Crippen LogP contribution is -2.40. The maximum atomic E-state index is 13.0. The minimum Gasteiger partial charge on any atom is -0.392 e. The molecule has 0 heterocycles. The molecule has 1 N–H and O–H groups in total. The first kappa shape index (κ1) is 15.4. The van der Waals surface area contributed by atoms with Crippen LogP contribution in [0.25, 0.3) is 0 Å². The van der Waals surface area contributed by atoms with Crippen molar-refractivity contribution >= 4 is 0 Å². The Bertz CT molecular complexity index is 442. The van der Waals surface area contributed by atoms with Crippen LogP contribution < -0.4 is 0 Å². The molecule has 0 bridgehead atoms. The third-order valence-corrected chi connectivity index (χ3v) is 4.26. The number of hydrogen-bond donors (Lipinski definition) is 1. The van der Waals surface area contributed by atoms with Crippen molar-refractivity contribution in [1.29, 1.82) is 0 Å². The molecule has 1 aliphatic carbocycles. The first-order valence-corrected chi connectivity index (χ1v) is 7.18.